The van der Waals surface area contributed by atoms with Gasteiger partial charge >= 0.3 is 0 Å². The van der Waals surface area contributed by atoms with Crippen molar-refractivity contribution in [2.45, 2.75) is 0 Å². The molecule has 0 unspecified atom stereocenters. The summed E-state index contributed by atoms with van der Waals surface area (Å²) in [7, 11) is 0. The molecule has 110 valence electrons. The first kappa shape index (κ1) is 13.3. The summed E-state index contributed by atoms with van der Waals surface area (Å²) in [5.41, 5.74) is 1.19. The van der Waals surface area contributed by atoms with Gasteiger partial charge in [0.2, 0.25) is 0 Å². The van der Waals surface area contributed by atoms with Gasteiger partial charge in [0.25, 0.3) is 0 Å². The normalized spacial score (nSPS) is 15.9. The zero-order valence-corrected chi connectivity index (χ0v) is 12.4. The molecule has 0 radical (unpaired) electrons. The molecule has 4 rings (SSSR count). The second kappa shape index (κ2) is 5.78. The highest BCUT2D eigenvalue weighted by atomic mass is 16.5. The Morgan fingerprint density at radius 2 is 1.45 bits per heavy atom. The fraction of sp³-hybridized carbons (Fsp3) is 0.211. The molecular weight excluding hydrogens is 272 g/mol. The number of nitrogens with zero attached hydrogens (tertiary/aromatic N) is 2. The van der Waals surface area contributed by atoms with Gasteiger partial charge in [0, 0.05) is 5.56 Å². The minimum atomic E-state index is 0.758. The maximum Gasteiger partial charge on any atom is 0.0659 e. The van der Waals surface area contributed by atoms with E-state index in [4.69, 9.17) is 4.74 Å². The topological polar surface area (TPSA) is 24.8 Å². The number of hydrogen-bond donors (Lipinski definition) is 0. The monoisotopic (exact) mass is 290 g/mol. The van der Waals surface area contributed by atoms with Gasteiger partial charge in [0.15, 0.2) is 0 Å². The third kappa shape index (κ3) is 2.44. The van der Waals surface area contributed by atoms with Crippen LogP contribution in [0.1, 0.15) is 5.56 Å². The zero-order valence-electron chi connectivity index (χ0n) is 12.4. The minimum absolute atomic E-state index is 0.758. The Bertz CT molecular complexity index is 781. The molecule has 22 heavy (non-hydrogen) atoms. The maximum atomic E-state index is 5.38. The summed E-state index contributed by atoms with van der Waals surface area (Å²) in [4.78, 5) is 0. The zero-order chi connectivity index (χ0) is 14.8. The van der Waals surface area contributed by atoms with Crippen molar-refractivity contribution >= 4 is 27.8 Å². The lowest BCUT2D eigenvalue weighted by Gasteiger charge is -2.23. The molecule has 0 saturated carbocycles. The SMILES string of the molecule is C(=N/N1CCOCC1)/c1c2ccccc2cc2ccccc12. The predicted molar refractivity (Wildman–Crippen MR) is 91.4 cm³/mol. The molecule has 0 atom stereocenters. The molecule has 3 heteroatoms. The van der Waals surface area contributed by atoms with Crippen LogP contribution in [0.3, 0.4) is 0 Å². The molecule has 0 amide bonds. The molecule has 3 aromatic rings. The van der Waals surface area contributed by atoms with Crippen molar-refractivity contribution in [3.05, 3.63) is 60.2 Å². The molecule has 3 nitrogen and oxygen atoms in total. The van der Waals surface area contributed by atoms with E-state index in [2.05, 4.69) is 64.7 Å². The van der Waals surface area contributed by atoms with E-state index in [1.807, 2.05) is 6.21 Å². The van der Waals surface area contributed by atoms with Gasteiger partial charge in [-0.1, -0.05) is 48.5 Å². The molecule has 0 aliphatic carbocycles. The summed E-state index contributed by atoms with van der Waals surface area (Å²) < 4.78 is 5.38. The Balaban J connectivity index is 1.86. The summed E-state index contributed by atoms with van der Waals surface area (Å²) in [6, 6.07) is 19.2. The van der Waals surface area contributed by atoms with E-state index < -0.39 is 0 Å². The Kier molecular flexibility index (Phi) is 3.49. The summed E-state index contributed by atoms with van der Waals surface area (Å²) in [6.45, 7) is 3.24. The average molecular weight is 290 g/mol. The Labute approximate surface area is 129 Å². The van der Waals surface area contributed by atoms with Gasteiger partial charge in [-0.05, 0) is 27.6 Å². The maximum absolute atomic E-state index is 5.38. The second-order valence-electron chi connectivity index (χ2n) is 5.54. The molecule has 1 heterocycles. The lowest BCUT2D eigenvalue weighted by atomic mass is 9.97. The van der Waals surface area contributed by atoms with Crippen molar-refractivity contribution in [2.24, 2.45) is 5.10 Å². The summed E-state index contributed by atoms with van der Waals surface area (Å²) in [5, 5.41) is 11.8. The highest BCUT2D eigenvalue weighted by Gasteiger charge is 2.08. The molecule has 0 bridgehead atoms. The summed E-state index contributed by atoms with van der Waals surface area (Å²) in [5.74, 6) is 0. The van der Waals surface area contributed by atoms with E-state index in [1.54, 1.807) is 0 Å². The average Bonchev–Trinajstić information content (AvgIpc) is 2.59. The van der Waals surface area contributed by atoms with Gasteiger partial charge in [-0.2, -0.15) is 5.10 Å². The number of benzene rings is 3. The number of rotatable bonds is 2. The Morgan fingerprint density at radius 3 is 2.09 bits per heavy atom. The van der Waals surface area contributed by atoms with Crippen molar-refractivity contribution < 1.29 is 4.74 Å². The molecule has 1 saturated heterocycles. The van der Waals surface area contributed by atoms with Crippen LogP contribution in [-0.2, 0) is 4.74 Å². The number of ether oxygens (including phenoxy) is 1. The van der Waals surface area contributed by atoms with Gasteiger partial charge in [-0.3, -0.25) is 5.01 Å². The molecular formula is C19H18N2O. The fourth-order valence-electron chi connectivity index (χ4n) is 3.00. The highest BCUT2D eigenvalue weighted by molar-refractivity contribution is 6.13. The van der Waals surface area contributed by atoms with Crippen molar-refractivity contribution in [2.75, 3.05) is 26.3 Å². The standard InChI is InChI=1S/C19H18N2O/c1-3-7-17-15(5-1)13-16-6-2-4-8-18(16)19(17)14-20-21-9-11-22-12-10-21/h1-8,13-14H,9-12H2/b20-14-. The van der Waals surface area contributed by atoms with Crippen molar-refractivity contribution in [1.82, 2.24) is 5.01 Å². The lowest BCUT2D eigenvalue weighted by Crippen LogP contribution is -2.32. The van der Waals surface area contributed by atoms with Crippen LogP contribution in [-0.4, -0.2) is 37.5 Å². The molecule has 1 aliphatic heterocycles. The Morgan fingerprint density at radius 1 is 0.864 bits per heavy atom. The van der Waals surface area contributed by atoms with Crippen LogP contribution < -0.4 is 0 Å². The number of morpholine rings is 1. The number of fused-ring (bicyclic) bond motifs is 2. The van der Waals surface area contributed by atoms with Crippen LogP contribution in [0.15, 0.2) is 59.7 Å². The van der Waals surface area contributed by atoms with Crippen molar-refractivity contribution in [1.29, 1.82) is 0 Å². The molecule has 0 aromatic heterocycles. The summed E-state index contributed by atoms with van der Waals surface area (Å²) >= 11 is 0. The summed E-state index contributed by atoms with van der Waals surface area (Å²) in [6.07, 6.45) is 2.01. The first-order valence-corrected chi connectivity index (χ1v) is 7.69. The molecule has 0 N–H and O–H groups in total. The van der Waals surface area contributed by atoms with Crippen LogP contribution in [0, 0.1) is 0 Å². The van der Waals surface area contributed by atoms with Crippen LogP contribution in [0.2, 0.25) is 0 Å². The van der Waals surface area contributed by atoms with E-state index >= 15 is 0 Å². The van der Waals surface area contributed by atoms with E-state index in [-0.39, 0.29) is 0 Å². The van der Waals surface area contributed by atoms with E-state index in [1.165, 1.54) is 27.1 Å². The van der Waals surface area contributed by atoms with Gasteiger partial charge in [0.1, 0.15) is 0 Å². The van der Waals surface area contributed by atoms with Crippen LogP contribution >= 0.6 is 0 Å². The van der Waals surface area contributed by atoms with Crippen molar-refractivity contribution in [3.63, 3.8) is 0 Å². The van der Waals surface area contributed by atoms with Gasteiger partial charge in [-0.25, -0.2) is 0 Å². The van der Waals surface area contributed by atoms with Gasteiger partial charge in [-0.15, -0.1) is 0 Å². The van der Waals surface area contributed by atoms with E-state index in [9.17, 15) is 0 Å². The molecule has 0 spiro atoms. The van der Waals surface area contributed by atoms with Crippen LogP contribution in [0.5, 0.6) is 0 Å². The predicted octanol–water partition coefficient (Wildman–Crippen LogP) is 3.66. The second-order valence-corrected chi connectivity index (χ2v) is 5.54. The largest absolute Gasteiger partial charge is 0.378 e. The van der Waals surface area contributed by atoms with Crippen LogP contribution in [0.25, 0.3) is 21.5 Å². The Hall–Kier alpha value is -2.39. The van der Waals surface area contributed by atoms with E-state index in [0.717, 1.165) is 26.3 Å². The van der Waals surface area contributed by atoms with Crippen molar-refractivity contribution in [3.8, 4) is 0 Å². The van der Waals surface area contributed by atoms with Gasteiger partial charge in [0.05, 0.1) is 32.5 Å². The van der Waals surface area contributed by atoms with Crippen LogP contribution in [0.4, 0.5) is 0 Å². The molecule has 1 aliphatic rings. The quantitative estimate of drug-likeness (QED) is 0.531. The molecule has 1 fully saturated rings. The third-order valence-electron chi connectivity index (χ3n) is 4.15. The first-order valence-electron chi connectivity index (χ1n) is 7.69. The first-order chi connectivity index (χ1) is 10.9. The third-order valence-corrected chi connectivity index (χ3v) is 4.15. The minimum Gasteiger partial charge on any atom is -0.378 e. The molecule has 3 aromatic carbocycles. The van der Waals surface area contributed by atoms with Gasteiger partial charge < -0.3 is 4.74 Å². The number of hydrazone groups is 1. The fourth-order valence-corrected chi connectivity index (χ4v) is 3.00. The highest BCUT2D eigenvalue weighted by Crippen LogP contribution is 2.27. The lowest BCUT2D eigenvalue weighted by molar-refractivity contribution is 0.0397. The smallest absolute Gasteiger partial charge is 0.0659 e. The number of hydrogen-bond acceptors (Lipinski definition) is 3. The van der Waals surface area contributed by atoms with E-state index in [0.29, 0.717) is 0 Å².